The first-order chi connectivity index (χ1) is 17.7. The first-order valence-electron chi connectivity index (χ1n) is 12.6. The van der Waals surface area contributed by atoms with Crippen LogP contribution in [0.5, 0.6) is 0 Å². The van der Waals surface area contributed by atoms with Crippen LogP contribution in [-0.4, -0.2) is 58.2 Å². The maximum Gasteiger partial charge on any atom is 0.433 e. The molecule has 0 radical (unpaired) electrons. The van der Waals surface area contributed by atoms with Gasteiger partial charge in [0.05, 0.1) is 35.6 Å². The lowest BCUT2D eigenvalue weighted by atomic mass is 9.87. The van der Waals surface area contributed by atoms with E-state index in [0.29, 0.717) is 31.3 Å². The van der Waals surface area contributed by atoms with E-state index in [1.807, 2.05) is 29.9 Å². The number of carbonyl (C=O) groups excluding carboxylic acids is 1. The van der Waals surface area contributed by atoms with E-state index in [9.17, 15) is 23.1 Å². The molecule has 3 heterocycles. The van der Waals surface area contributed by atoms with Crippen molar-refractivity contribution in [2.24, 2.45) is 5.92 Å². The van der Waals surface area contributed by atoms with Crippen molar-refractivity contribution in [2.45, 2.75) is 50.9 Å². The van der Waals surface area contributed by atoms with Crippen molar-refractivity contribution in [3.8, 4) is 0 Å². The molecule has 1 saturated heterocycles. The first kappa shape index (κ1) is 25.5. The number of morpholine rings is 1. The third kappa shape index (κ3) is 5.57. The van der Waals surface area contributed by atoms with Crippen molar-refractivity contribution in [3.05, 3.63) is 47.9 Å². The molecule has 2 aromatic heterocycles. The van der Waals surface area contributed by atoms with Crippen molar-refractivity contribution >= 4 is 28.2 Å². The summed E-state index contributed by atoms with van der Waals surface area (Å²) in [6.45, 7) is 3.89. The fraction of sp³-hybridized carbons (Fsp3) is 0.500. The molecule has 1 atom stereocenters. The summed E-state index contributed by atoms with van der Waals surface area (Å²) in [5.41, 5.74) is 0.558. The van der Waals surface area contributed by atoms with Gasteiger partial charge in [0.2, 0.25) is 0 Å². The minimum absolute atomic E-state index is 0.0163. The van der Waals surface area contributed by atoms with Crippen LogP contribution in [-0.2, 0) is 10.9 Å². The number of benzene rings is 1. The standard InChI is InChI=1S/C26H30F3N5O3/c1-16-13-33(9-10-37-16)23-12-21-18(14-34(32-21)19-7-5-17(15-35)6-8-19)11-22(23)31-25(36)20-3-2-4-24(30-20)26(27,28)29/h2-4,11-12,14,16-17,19,35H,5-10,13,15H2,1H3,(H,31,36)/t16-,17-,19-/m0/s1. The molecule has 1 aromatic carbocycles. The molecule has 1 amide bonds. The van der Waals surface area contributed by atoms with Crippen LogP contribution in [0.25, 0.3) is 10.9 Å². The minimum Gasteiger partial charge on any atom is -0.396 e. The molecule has 1 aliphatic heterocycles. The predicted octanol–water partition coefficient (Wildman–Crippen LogP) is 4.65. The number of alkyl halides is 3. The summed E-state index contributed by atoms with van der Waals surface area (Å²) in [5.74, 6) is -0.384. The molecule has 0 spiro atoms. The van der Waals surface area contributed by atoms with Crippen LogP contribution in [0.4, 0.5) is 24.5 Å². The number of fused-ring (bicyclic) bond motifs is 1. The Kier molecular flexibility index (Phi) is 7.09. The van der Waals surface area contributed by atoms with Gasteiger partial charge in [0, 0.05) is 31.3 Å². The number of hydrogen-bond acceptors (Lipinski definition) is 6. The lowest BCUT2D eigenvalue weighted by Crippen LogP contribution is -2.41. The van der Waals surface area contributed by atoms with Crippen molar-refractivity contribution in [3.63, 3.8) is 0 Å². The van der Waals surface area contributed by atoms with Gasteiger partial charge in [-0.1, -0.05) is 6.07 Å². The Morgan fingerprint density at radius 3 is 2.70 bits per heavy atom. The van der Waals surface area contributed by atoms with Crippen molar-refractivity contribution in [2.75, 3.05) is 36.5 Å². The summed E-state index contributed by atoms with van der Waals surface area (Å²) in [4.78, 5) is 18.6. The Hall–Kier alpha value is -3.18. The highest BCUT2D eigenvalue weighted by molar-refractivity contribution is 6.06. The summed E-state index contributed by atoms with van der Waals surface area (Å²) < 4.78 is 47.1. The highest BCUT2D eigenvalue weighted by atomic mass is 19.4. The van der Waals surface area contributed by atoms with Gasteiger partial charge in [0.25, 0.3) is 5.91 Å². The predicted molar refractivity (Wildman–Crippen MR) is 133 cm³/mol. The average Bonchev–Trinajstić information content (AvgIpc) is 3.31. The van der Waals surface area contributed by atoms with E-state index < -0.39 is 17.8 Å². The molecule has 37 heavy (non-hydrogen) atoms. The third-order valence-electron chi connectivity index (χ3n) is 7.19. The largest absolute Gasteiger partial charge is 0.433 e. The average molecular weight is 518 g/mol. The summed E-state index contributed by atoms with van der Waals surface area (Å²) in [6.07, 6.45) is 1.03. The molecule has 1 aliphatic carbocycles. The number of nitrogens with zero attached hydrogens (tertiary/aromatic N) is 4. The molecule has 3 aromatic rings. The number of aliphatic hydroxyl groups excluding tert-OH is 1. The van der Waals surface area contributed by atoms with Crippen molar-refractivity contribution in [1.29, 1.82) is 0 Å². The minimum atomic E-state index is -4.64. The van der Waals surface area contributed by atoms with Crippen LogP contribution in [0.2, 0.25) is 0 Å². The number of nitrogens with one attached hydrogen (secondary N) is 1. The SMILES string of the molecule is C[C@H]1CN(c2cc3nn([C@H]4CC[C@H](CO)CC4)cc3cc2NC(=O)c2cccc(C(F)(F)F)n2)CCO1. The third-order valence-corrected chi connectivity index (χ3v) is 7.19. The number of anilines is 2. The number of amides is 1. The zero-order chi connectivity index (χ0) is 26.2. The molecule has 5 rings (SSSR count). The number of aromatic nitrogens is 3. The number of rotatable bonds is 5. The van der Waals surface area contributed by atoms with Crippen molar-refractivity contribution in [1.82, 2.24) is 14.8 Å². The zero-order valence-electron chi connectivity index (χ0n) is 20.5. The second-order valence-corrected chi connectivity index (χ2v) is 9.88. The zero-order valence-corrected chi connectivity index (χ0v) is 20.5. The summed E-state index contributed by atoms with van der Waals surface area (Å²) in [6, 6.07) is 7.24. The fourth-order valence-electron chi connectivity index (χ4n) is 5.16. The number of carbonyl (C=O) groups is 1. The molecule has 1 saturated carbocycles. The smallest absolute Gasteiger partial charge is 0.396 e. The monoisotopic (exact) mass is 517 g/mol. The molecule has 0 unspecified atom stereocenters. The van der Waals surface area contributed by atoms with Gasteiger partial charge in [-0.05, 0) is 62.8 Å². The maximum atomic E-state index is 13.1. The number of hydrogen-bond donors (Lipinski definition) is 2. The number of halogens is 3. The van der Waals surface area contributed by atoms with Gasteiger partial charge >= 0.3 is 6.18 Å². The van der Waals surface area contributed by atoms with E-state index in [1.54, 1.807) is 0 Å². The van der Waals surface area contributed by atoms with Gasteiger partial charge in [-0.2, -0.15) is 18.3 Å². The Morgan fingerprint density at radius 1 is 1.22 bits per heavy atom. The highest BCUT2D eigenvalue weighted by Crippen LogP contribution is 2.36. The van der Waals surface area contributed by atoms with E-state index in [1.165, 1.54) is 12.1 Å². The number of ether oxygens (including phenoxy) is 1. The van der Waals surface area contributed by atoms with Gasteiger partial charge in [-0.25, -0.2) is 4.98 Å². The Bertz CT molecular complexity index is 1270. The van der Waals surface area contributed by atoms with Crippen LogP contribution >= 0.6 is 0 Å². The van der Waals surface area contributed by atoms with Crippen LogP contribution in [0.15, 0.2) is 36.5 Å². The normalized spacial score (nSPS) is 22.8. The summed E-state index contributed by atoms with van der Waals surface area (Å²) in [7, 11) is 0. The van der Waals surface area contributed by atoms with Crippen LogP contribution < -0.4 is 10.2 Å². The topological polar surface area (TPSA) is 92.5 Å². The summed E-state index contributed by atoms with van der Waals surface area (Å²) >= 11 is 0. The Balaban J connectivity index is 1.47. The second-order valence-electron chi connectivity index (χ2n) is 9.88. The molecule has 0 bridgehead atoms. The maximum absolute atomic E-state index is 13.1. The van der Waals surface area contributed by atoms with Gasteiger partial charge in [0.15, 0.2) is 0 Å². The van der Waals surface area contributed by atoms with E-state index in [2.05, 4.69) is 15.2 Å². The van der Waals surface area contributed by atoms with Gasteiger partial charge in [0.1, 0.15) is 11.4 Å². The van der Waals surface area contributed by atoms with Crippen LogP contribution in [0.1, 0.15) is 54.8 Å². The van der Waals surface area contributed by atoms with Gasteiger partial charge in [-0.3, -0.25) is 9.48 Å². The molecule has 2 fully saturated rings. The molecule has 2 N–H and O–H groups in total. The molecule has 8 nitrogen and oxygen atoms in total. The second kappa shape index (κ2) is 10.3. The molecule has 198 valence electrons. The first-order valence-corrected chi connectivity index (χ1v) is 12.6. The number of pyridine rings is 1. The Morgan fingerprint density at radius 2 is 2.00 bits per heavy atom. The van der Waals surface area contributed by atoms with E-state index >= 15 is 0 Å². The van der Waals surface area contributed by atoms with E-state index in [4.69, 9.17) is 9.84 Å². The van der Waals surface area contributed by atoms with Gasteiger partial charge < -0.3 is 20.1 Å². The number of aliphatic hydroxyl groups is 1. The molecule has 11 heteroatoms. The van der Waals surface area contributed by atoms with Crippen LogP contribution in [0.3, 0.4) is 0 Å². The lowest BCUT2D eigenvalue weighted by Gasteiger charge is -2.34. The summed E-state index contributed by atoms with van der Waals surface area (Å²) in [5, 5.41) is 17.9. The molecule has 2 aliphatic rings. The molecular weight excluding hydrogens is 487 g/mol. The van der Waals surface area contributed by atoms with Crippen molar-refractivity contribution < 1.29 is 27.8 Å². The highest BCUT2D eigenvalue weighted by Gasteiger charge is 2.33. The van der Waals surface area contributed by atoms with Crippen LogP contribution in [0, 0.1) is 5.92 Å². The quantitative estimate of drug-likeness (QED) is 0.512. The Labute approximate surface area is 212 Å². The van der Waals surface area contributed by atoms with E-state index in [-0.39, 0.29) is 24.4 Å². The fourth-order valence-corrected chi connectivity index (χ4v) is 5.16. The lowest BCUT2D eigenvalue weighted by molar-refractivity contribution is -0.141. The van der Waals surface area contributed by atoms with Gasteiger partial charge in [-0.15, -0.1) is 0 Å². The molecular formula is C26H30F3N5O3. The van der Waals surface area contributed by atoms with E-state index in [0.717, 1.165) is 48.3 Å².